The standard InChI is InChI=1S/C24H20N4O4/c29-23(27-21-8-4-5-9-22(21)32-20-6-2-1-3-7-20)15-31-24(30)19-12-10-18(11-13-19)14-28-17-25-16-26-28/h1-13,16-17H,14-15H2,(H,27,29). The molecular formula is C24H20N4O4. The highest BCUT2D eigenvalue weighted by molar-refractivity contribution is 5.96. The van der Waals surface area contributed by atoms with Gasteiger partial charge >= 0.3 is 5.97 Å². The lowest BCUT2D eigenvalue weighted by atomic mass is 10.1. The van der Waals surface area contributed by atoms with E-state index >= 15 is 0 Å². The molecular weight excluding hydrogens is 408 g/mol. The molecule has 4 aromatic rings. The predicted molar refractivity (Wildman–Crippen MR) is 117 cm³/mol. The highest BCUT2D eigenvalue weighted by Gasteiger charge is 2.13. The van der Waals surface area contributed by atoms with Crippen LogP contribution in [0, 0.1) is 0 Å². The van der Waals surface area contributed by atoms with Crippen LogP contribution in [0.2, 0.25) is 0 Å². The Morgan fingerprint density at radius 1 is 0.906 bits per heavy atom. The molecule has 0 aliphatic carbocycles. The monoisotopic (exact) mass is 428 g/mol. The molecule has 0 spiro atoms. The summed E-state index contributed by atoms with van der Waals surface area (Å²) in [4.78, 5) is 28.5. The molecule has 0 atom stereocenters. The molecule has 160 valence electrons. The summed E-state index contributed by atoms with van der Waals surface area (Å²) in [5.74, 6) is 0.0841. The smallest absolute Gasteiger partial charge is 0.338 e. The second kappa shape index (κ2) is 10.0. The van der Waals surface area contributed by atoms with Crippen molar-refractivity contribution in [3.63, 3.8) is 0 Å². The summed E-state index contributed by atoms with van der Waals surface area (Å²) in [6.07, 6.45) is 3.08. The number of rotatable bonds is 8. The SMILES string of the molecule is O=C(COC(=O)c1ccc(Cn2cncn2)cc1)Nc1ccccc1Oc1ccccc1. The van der Waals surface area contributed by atoms with Gasteiger partial charge < -0.3 is 14.8 Å². The summed E-state index contributed by atoms with van der Waals surface area (Å²) in [6.45, 7) is 0.126. The van der Waals surface area contributed by atoms with E-state index in [1.54, 1.807) is 59.5 Å². The van der Waals surface area contributed by atoms with E-state index in [0.29, 0.717) is 29.3 Å². The maximum absolute atomic E-state index is 12.3. The molecule has 0 saturated carbocycles. The van der Waals surface area contributed by atoms with Crippen LogP contribution in [0.1, 0.15) is 15.9 Å². The number of anilines is 1. The van der Waals surface area contributed by atoms with Crippen molar-refractivity contribution < 1.29 is 19.1 Å². The lowest BCUT2D eigenvalue weighted by Gasteiger charge is -2.12. The molecule has 0 radical (unpaired) electrons. The van der Waals surface area contributed by atoms with Crippen molar-refractivity contribution in [1.29, 1.82) is 0 Å². The van der Waals surface area contributed by atoms with Gasteiger partial charge in [0.05, 0.1) is 17.8 Å². The first-order chi connectivity index (χ1) is 15.7. The van der Waals surface area contributed by atoms with Crippen molar-refractivity contribution in [3.8, 4) is 11.5 Å². The van der Waals surface area contributed by atoms with Gasteiger partial charge in [0.15, 0.2) is 12.4 Å². The van der Waals surface area contributed by atoms with Gasteiger partial charge in [0.1, 0.15) is 18.4 Å². The molecule has 8 nitrogen and oxygen atoms in total. The summed E-state index contributed by atoms with van der Waals surface area (Å²) in [5.41, 5.74) is 1.79. The molecule has 1 N–H and O–H groups in total. The number of hydrogen-bond donors (Lipinski definition) is 1. The normalized spacial score (nSPS) is 10.4. The van der Waals surface area contributed by atoms with Crippen molar-refractivity contribution in [2.75, 3.05) is 11.9 Å². The topological polar surface area (TPSA) is 95.3 Å². The molecule has 4 rings (SSSR count). The number of benzene rings is 3. The Morgan fingerprint density at radius 3 is 2.41 bits per heavy atom. The van der Waals surface area contributed by atoms with Crippen LogP contribution in [-0.2, 0) is 16.1 Å². The number of nitrogens with zero attached hydrogens (tertiary/aromatic N) is 3. The second-order valence-electron chi connectivity index (χ2n) is 6.83. The second-order valence-corrected chi connectivity index (χ2v) is 6.83. The summed E-state index contributed by atoms with van der Waals surface area (Å²) in [6, 6.07) is 23.2. The van der Waals surface area contributed by atoms with Gasteiger partial charge in [-0.05, 0) is 42.0 Å². The van der Waals surface area contributed by atoms with Gasteiger partial charge in [0, 0.05) is 0 Å². The molecule has 32 heavy (non-hydrogen) atoms. The minimum absolute atomic E-state index is 0.355. The highest BCUT2D eigenvalue weighted by atomic mass is 16.5. The van der Waals surface area contributed by atoms with E-state index in [2.05, 4.69) is 15.4 Å². The van der Waals surface area contributed by atoms with Crippen LogP contribution in [0.3, 0.4) is 0 Å². The molecule has 0 bridgehead atoms. The Labute approximate surface area is 184 Å². The Bertz CT molecular complexity index is 1180. The number of hydrogen-bond acceptors (Lipinski definition) is 6. The van der Waals surface area contributed by atoms with Crippen molar-refractivity contribution in [1.82, 2.24) is 14.8 Å². The van der Waals surface area contributed by atoms with E-state index < -0.39 is 18.5 Å². The van der Waals surface area contributed by atoms with Gasteiger partial charge in [0.25, 0.3) is 5.91 Å². The molecule has 0 aliphatic rings. The third kappa shape index (κ3) is 5.57. The highest BCUT2D eigenvalue weighted by Crippen LogP contribution is 2.29. The third-order valence-corrected chi connectivity index (χ3v) is 4.47. The largest absolute Gasteiger partial charge is 0.455 e. The zero-order valence-electron chi connectivity index (χ0n) is 17.0. The summed E-state index contributed by atoms with van der Waals surface area (Å²) in [7, 11) is 0. The Morgan fingerprint density at radius 2 is 1.66 bits per heavy atom. The molecule has 0 fully saturated rings. The maximum atomic E-state index is 12.3. The average Bonchev–Trinajstić information content (AvgIpc) is 3.33. The minimum atomic E-state index is -0.582. The van der Waals surface area contributed by atoms with E-state index in [9.17, 15) is 9.59 Å². The fourth-order valence-corrected chi connectivity index (χ4v) is 2.92. The van der Waals surface area contributed by atoms with Gasteiger partial charge in [-0.2, -0.15) is 5.10 Å². The van der Waals surface area contributed by atoms with E-state index in [4.69, 9.17) is 9.47 Å². The molecule has 0 saturated heterocycles. The first kappa shape index (κ1) is 20.8. The van der Waals surface area contributed by atoms with E-state index in [1.807, 2.05) is 30.3 Å². The van der Waals surface area contributed by atoms with Gasteiger partial charge in [-0.15, -0.1) is 0 Å². The Balaban J connectivity index is 1.31. The predicted octanol–water partition coefficient (Wildman–Crippen LogP) is 3.91. The van der Waals surface area contributed by atoms with Crippen LogP contribution in [0.15, 0.2) is 91.5 Å². The van der Waals surface area contributed by atoms with Crippen LogP contribution in [0.4, 0.5) is 5.69 Å². The van der Waals surface area contributed by atoms with Crippen molar-refractivity contribution >= 4 is 17.6 Å². The lowest BCUT2D eigenvalue weighted by molar-refractivity contribution is -0.119. The number of amides is 1. The Hall–Kier alpha value is -4.46. The van der Waals surface area contributed by atoms with Crippen LogP contribution in [0.25, 0.3) is 0 Å². The zero-order chi connectivity index (χ0) is 22.2. The zero-order valence-corrected chi connectivity index (χ0v) is 17.0. The molecule has 0 unspecified atom stereocenters. The minimum Gasteiger partial charge on any atom is -0.455 e. The summed E-state index contributed by atoms with van der Waals surface area (Å²) < 4.78 is 12.6. The van der Waals surface area contributed by atoms with Gasteiger partial charge in [0.2, 0.25) is 0 Å². The van der Waals surface area contributed by atoms with Crippen LogP contribution >= 0.6 is 0 Å². The quantitative estimate of drug-likeness (QED) is 0.428. The van der Waals surface area contributed by atoms with Gasteiger partial charge in [-0.25, -0.2) is 14.5 Å². The number of carbonyl (C=O) groups is 2. The molecule has 0 aliphatic heterocycles. The van der Waals surface area contributed by atoms with E-state index in [-0.39, 0.29) is 0 Å². The number of nitrogens with one attached hydrogen (secondary N) is 1. The molecule has 1 aromatic heterocycles. The van der Waals surface area contributed by atoms with Crippen molar-refractivity contribution in [3.05, 3.63) is 103 Å². The fourth-order valence-electron chi connectivity index (χ4n) is 2.92. The van der Waals surface area contributed by atoms with E-state index in [0.717, 1.165) is 5.56 Å². The van der Waals surface area contributed by atoms with Crippen molar-refractivity contribution in [2.24, 2.45) is 0 Å². The number of aromatic nitrogens is 3. The number of ether oxygens (including phenoxy) is 2. The summed E-state index contributed by atoms with van der Waals surface area (Å²) in [5, 5.41) is 6.76. The number of carbonyl (C=O) groups excluding carboxylic acids is 2. The van der Waals surface area contributed by atoms with Crippen molar-refractivity contribution in [2.45, 2.75) is 6.54 Å². The first-order valence-corrected chi connectivity index (χ1v) is 9.87. The summed E-state index contributed by atoms with van der Waals surface area (Å²) >= 11 is 0. The lowest BCUT2D eigenvalue weighted by Crippen LogP contribution is -2.21. The first-order valence-electron chi connectivity index (χ1n) is 9.87. The van der Waals surface area contributed by atoms with Gasteiger partial charge in [-0.3, -0.25) is 4.79 Å². The van der Waals surface area contributed by atoms with Crippen LogP contribution < -0.4 is 10.1 Å². The Kier molecular flexibility index (Phi) is 6.52. The fraction of sp³-hybridized carbons (Fsp3) is 0.0833. The van der Waals surface area contributed by atoms with Crippen LogP contribution in [0.5, 0.6) is 11.5 Å². The molecule has 1 heterocycles. The van der Waals surface area contributed by atoms with E-state index in [1.165, 1.54) is 6.33 Å². The average molecular weight is 428 g/mol. The maximum Gasteiger partial charge on any atom is 0.338 e. The molecule has 8 heteroatoms. The van der Waals surface area contributed by atoms with Gasteiger partial charge in [-0.1, -0.05) is 42.5 Å². The third-order valence-electron chi connectivity index (χ3n) is 4.47. The molecule has 3 aromatic carbocycles. The number of para-hydroxylation sites is 3. The van der Waals surface area contributed by atoms with Crippen LogP contribution in [-0.4, -0.2) is 33.2 Å². The number of esters is 1. The molecule has 1 amide bonds.